The quantitative estimate of drug-likeness (QED) is 0.799. The third-order valence-electron chi connectivity index (χ3n) is 4.79. The number of halogens is 1. The van der Waals surface area contributed by atoms with E-state index in [1.165, 1.54) is 0 Å². The van der Waals surface area contributed by atoms with E-state index in [4.69, 9.17) is 21.1 Å². The topological polar surface area (TPSA) is 48.4 Å². The third kappa shape index (κ3) is 2.65. The summed E-state index contributed by atoms with van der Waals surface area (Å²) in [6, 6.07) is 9.55. The fourth-order valence-corrected chi connectivity index (χ4v) is 3.58. The van der Waals surface area contributed by atoms with E-state index in [9.17, 15) is 4.79 Å². The second kappa shape index (κ2) is 5.78. The Hall–Kier alpha value is -2.07. The molecule has 1 fully saturated rings. The van der Waals surface area contributed by atoms with Gasteiger partial charge in [0.05, 0.1) is 5.02 Å². The van der Waals surface area contributed by atoms with Crippen molar-refractivity contribution in [3.8, 4) is 11.5 Å². The molecule has 5 heteroatoms. The highest BCUT2D eigenvalue weighted by atomic mass is 35.5. The van der Waals surface area contributed by atoms with Crippen LogP contribution in [0.3, 0.4) is 0 Å². The zero-order valence-corrected chi connectivity index (χ0v) is 14.2. The summed E-state index contributed by atoms with van der Waals surface area (Å²) in [7, 11) is 0. The van der Waals surface area contributed by atoms with Gasteiger partial charge in [-0.15, -0.1) is 0 Å². The van der Waals surface area contributed by atoms with Crippen LogP contribution >= 0.6 is 11.6 Å². The molecular weight excluding hydrogens is 326 g/mol. The Morgan fingerprint density at radius 2 is 1.96 bits per heavy atom. The molecule has 24 heavy (non-hydrogen) atoms. The molecule has 0 spiro atoms. The van der Waals surface area contributed by atoms with Gasteiger partial charge < -0.3 is 9.47 Å². The summed E-state index contributed by atoms with van der Waals surface area (Å²) in [5, 5.41) is 0.574. The Morgan fingerprint density at radius 1 is 1.17 bits per heavy atom. The van der Waals surface area contributed by atoms with Crippen molar-refractivity contribution in [2.24, 2.45) is 0 Å². The van der Waals surface area contributed by atoms with E-state index in [1.54, 1.807) is 12.3 Å². The number of aromatic nitrogens is 1. The van der Waals surface area contributed by atoms with Gasteiger partial charge in [0.15, 0.2) is 11.5 Å². The molecule has 124 valence electrons. The molecule has 1 atom stereocenters. The predicted molar refractivity (Wildman–Crippen MR) is 90.5 cm³/mol. The fourth-order valence-electron chi connectivity index (χ4n) is 3.47. The molecule has 0 radical (unpaired) electrons. The summed E-state index contributed by atoms with van der Waals surface area (Å²) >= 11 is 5.92. The van der Waals surface area contributed by atoms with Crippen LogP contribution in [0.15, 0.2) is 36.5 Å². The highest BCUT2D eigenvalue weighted by Gasteiger charge is 2.42. The molecule has 0 amide bonds. The smallest absolute Gasteiger partial charge is 0.292 e. The van der Waals surface area contributed by atoms with Gasteiger partial charge in [-0.2, -0.15) is 0 Å². The van der Waals surface area contributed by atoms with Gasteiger partial charge in [-0.1, -0.05) is 23.7 Å². The van der Waals surface area contributed by atoms with E-state index in [2.05, 4.69) is 11.1 Å². The molecule has 0 bridgehead atoms. The minimum atomic E-state index is -0.965. The van der Waals surface area contributed by atoms with Crippen LogP contribution in [0.2, 0.25) is 5.02 Å². The molecular formula is C19H18ClNO3. The lowest BCUT2D eigenvalue weighted by Gasteiger charge is -2.24. The van der Waals surface area contributed by atoms with Gasteiger partial charge in [-0.05, 0) is 37.0 Å². The first-order chi connectivity index (χ1) is 11.5. The van der Waals surface area contributed by atoms with Crippen molar-refractivity contribution in [2.45, 2.75) is 44.3 Å². The van der Waals surface area contributed by atoms with Crippen LogP contribution in [0, 0.1) is 0 Å². The summed E-state index contributed by atoms with van der Waals surface area (Å²) in [5.74, 6) is 1.22. The average Bonchev–Trinajstić information content (AvgIpc) is 2.93. The molecule has 0 N–H and O–H groups in total. The maximum atomic E-state index is 11.5. The van der Waals surface area contributed by atoms with Crippen LogP contribution in [0.25, 0.3) is 0 Å². The maximum Gasteiger partial charge on any atom is 0.292 e. The molecule has 1 aromatic carbocycles. The van der Waals surface area contributed by atoms with Gasteiger partial charge in [0.2, 0.25) is 0 Å². The SMILES string of the molecule is C[C@]1(c2ccc(Cl)cn2)Oc2cccc(C3CCC(=O)CC3)c2O1. The van der Waals surface area contributed by atoms with Gasteiger partial charge in [0.1, 0.15) is 11.5 Å². The highest BCUT2D eigenvalue weighted by molar-refractivity contribution is 6.30. The molecule has 4 nitrogen and oxygen atoms in total. The molecule has 1 saturated carbocycles. The Labute approximate surface area is 145 Å². The van der Waals surface area contributed by atoms with Crippen LogP contribution in [0.5, 0.6) is 11.5 Å². The number of nitrogens with zero attached hydrogens (tertiary/aromatic N) is 1. The van der Waals surface area contributed by atoms with Crippen LogP contribution in [-0.2, 0) is 10.6 Å². The average molecular weight is 344 g/mol. The van der Waals surface area contributed by atoms with Gasteiger partial charge in [-0.25, -0.2) is 0 Å². The third-order valence-corrected chi connectivity index (χ3v) is 5.01. The van der Waals surface area contributed by atoms with Crippen LogP contribution in [0.4, 0.5) is 0 Å². The van der Waals surface area contributed by atoms with Gasteiger partial charge in [0.25, 0.3) is 5.79 Å². The number of rotatable bonds is 2. The van der Waals surface area contributed by atoms with Crippen molar-refractivity contribution in [3.63, 3.8) is 0 Å². The lowest BCUT2D eigenvalue weighted by atomic mass is 9.83. The second-order valence-corrected chi connectivity index (χ2v) is 6.94. The molecule has 2 aliphatic rings. The van der Waals surface area contributed by atoms with Crippen LogP contribution < -0.4 is 9.47 Å². The lowest BCUT2D eigenvalue weighted by Crippen LogP contribution is -2.32. The number of benzene rings is 1. The minimum Gasteiger partial charge on any atom is -0.443 e. The van der Waals surface area contributed by atoms with Crippen LogP contribution in [-0.4, -0.2) is 10.8 Å². The Balaban J connectivity index is 1.65. The van der Waals surface area contributed by atoms with Gasteiger partial charge in [0, 0.05) is 31.5 Å². The number of hydrogen-bond acceptors (Lipinski definition) is 4. The largest absolute Gasteiger partial charge is 0.443 e. The number of ketones is 1. The second-order valence-electron chi connectivity index (χ2n) is 6.50. The first kappa shape index (κ1) is 15.5. The molecule has 1 aromatic heterocycles. The predicted octanol–water partition coefficient (Wildman–Crippen LogP) is 4.61. The maximum absolute atomic E-state index is 11.5. The first-order valence-corrected chi connectivity index (χ1v) is 8.58. The normalized spacial score (nSPS) is 23.5. The number of carbonyl (C=O) groups is 1. The van der Waals surface area contributed by atoms with Crippen molar-refractivity contribution < 1.29 is 14.3 Å². The Morgan fingerprint density at radius 3 is 2.67 bits per heavy atom. The van der Waals surface area contributed by atoms with E-state index in [0.717, 1.165) is 29.9 Å². The van der Waals surface area contributed by atoms with E-state index in [1.807, 2.05) is 25.1 Å². The first-order valence-electron chi connectivity index (χ1n) is 8.20. The summed E-state index contributed by atoms with van der Waals surface area (Å²) in [4.78, 5) is 15.9. The monoisotopic (exact) mass is 343 g/mol. The molecule has 1 aliphatic carbocycles. The number of fused-ring (bicyclic) bond motifs is 1. The molecule has 2 heterocycles. The van der Waals surface area contributed by atoms with Crippen molar-refractivity contribution >= 4 is 17.4 Å². The number of pyridine rings is 1. The molecule has 2 aromatic rings. The Bertz CT molecular complexity index is 780. The lowest BCUT2D eigenvalue weighted by molar-refractivity contribution is -0.120. The number of ether oxygens (including phenoxy) is 2. The van der Waals surface area contributed by atoms with E-state index >= 15 is 0 Å². The summed E-state index contributed by atoms with van der Waals surface area (Å²) in [5.41, 5.74) is 1.80. The van der Waals surface area contributed by atoms with Crippen molar-refractivity contribution in [1.82, 2.24) is 4.98 Å². The zero-order valence-electron chi connectivity index (χ0n) is 13.4. The van der Waals surface area contributed by atoms with Crippen molar-refractivity contribution in [2.75, 3.05) is 0 Å². The number of Topliss-reactive ketones (excluding diaryl/α,β-unsaturated/α-hetero) is 1. The van der Waals surface area contributed by atoms with Crippen molar-refractivity contribution in [3.05, 3.63) is 52.8 Å². The highest BCUT2D eigenvalue weighted by Crippen LogP contribution is 2.49. The number of carbonyl (C=O) groups excluding carboxylic acids is 1. The van der Waals surface area contributed by atoms with E-state index < -0.39 is 5.79 Å². The fraction of sp³-hybridized carbons (Fsp3) is 0.368. The van der Waals surface area contributed by atoms with Crippen LogP contribution in [0.1, 0.15) is 49.8 Å². The standard InChI is InChI=1S/C19H18ClNO3/c1-19(17-10-7-13(20)11-21-17)23-16-4-2-3-15(18(16)24-19)12-5-8-14(22)9-6-12/h2-4,7,10-12H,5-6,8-9H2,1H3/t19-/m0/s1. The Kier molecular flexibility index (Phi) is 3.72. The summed E-state index contributed by atoms with van der Waals surface area (Å²) in [6.07, 6.45) is 4.62. The number of para-hydroxylation sites is 1. The molecule has 1 aliphatic heterocycles. The van der Waals surface area contributed by atoms with Gasteiger partial charge >= 0.3 is 0 Å². The van der Waals surface area contributed by atoms with E-state index in [0.29, 0.717) is 35.3 Å². The van der Waals surface area contributed by atoms with Gasteiger partial charge in [-0.3, -0.25) is 9.78 Å². The molecule has 4 rings (SSSR count). The van der Waals surface area contributed by atoms with E-state index in [-0.39, 0.29) is 0 Å². The summed E-state index contributed by atoms with van der Waals surface area (Å²) < 4.78 is 12.3. The molecule has 0 unspecified atom stereocenters. The number of hydrogen-bond donors (Lipinski definition) is 0. The zero-order chi connectivity index (χ0) is 16.7. The molecule has 0 saturated heterocycles. The van der Waals surface area contributed by atoms with Crippen molar-refractivity contribution in [1.29, 1.82) is 0 Å². The summed E-state index contributed by atoms with van der Waals surface area (Å²) in [6.45, 7) is 1.86. The minimum absolute atomic E-state index is 0.335.